The summed E-state index contributed by atoms with van der Waals surface area (Å²) in [5, 5.41) is 2.44. The molecule has 4 nitrogen and oxygen atoms in total. The number of para-hydroxylation sites is 1. The third-order valence-electron chi connectivity index (χ3n) is 2.56. The van der Waals surface area contributed by atoms with Crippen LogP contribution < -0.4 is 10.1 Å². The molecule has 0 atom stereocenters. The van der Waals surface area contributed by atoms with E-state index in [2.05, 4.69) is 21.2 Å². The van der Waals surface area contributed by atoms with Crippen LogP contribution in [0.5, 0.6) is 5.75 Å². The average molecular weight is 352 g/mol. The summed E-state index contributed by atoms with van der Waals surface area (Å²) in [6, 6.07) is 10.5. The predicted molar refractivity (Wildman–Crippen MR) is 79.8 cm³/mol. The molecule has 0 aliphatic heterocycles. The summed E-state index contributed by atoms with van der Waals surface area (Å²) < 4.78 is 19.2. The van der Waals surface area contributed by atoms with Gasteiger partial charge in [0, 0.05) is 11.4 Å². The van der Waals surface area contributed by atoms with Gasteiger partial charge in [-0.25, -0.2) is 4.39 Å². The van der Waals surface area contributed by atoms with Gasteiger partial charge in [0.2, 0.25) is 0 Å². The number of rotatable bonds is 3. The molecule has 1 N–H and O–H groups in total. The second-order valence-electron chi connectivity index (χ2n) is 4.17. The molecule has 6 heteroatoms. The molecule has 0 aliphatic carbocycles. The minimum absolute atomic E-state index is 0.0424. The predicted octanol–water partition coefficient (Wildman–Crippen LogP) is 3.77. The largest absolute Gasteiger partial charge is 0.426 e. The molecule has 108 valence electrons. The second-order valence-corrected chi connectivity index (χ2v) is 5.08. The van der Waals surface area contributed by atoms with Crippen molar-refractivity contribution in [2.75, 3.05) is 5.32 Å². The summed E-state index contributed by atoms with van der Waals surface area (Å²) in [6.07, 6.45) is 0. The van der Waals surface area contributed by atoms with E-state index in [0.717, 1.165) is 0 Å². The summed E-state index contributed by atoms with van der Waals surface area (Å²) in [7, 11) is 0. The van der Waals surface area contributed by atoms with Crippen LogP contribution in [0.2, 0.25) is 0 Å². The third kappa shape index (κ3) is 3.88. The van der Waals surface area contributed by atoms with E-state index in [0.29, 0.717) is 4.47 Å². The highest BCUT2D eigenvalue weighted by Crippen LogP contribution is 2.23. The highest BCUT2D eigenvalue weighted by atomic mass is 79.9. The van der Waals surface area contributed by atoms with Crippen molar-refractivity contribution in [2.45, 2.75) is 6.92 Å². The van der Waals surface area contributed by atoms with Crippen LogP contribution in [0.3, 0.4) is 0 Å². The van der Waals surface area contributed by atoms with Crippen molar-refractivity contribution in [3.05, 3.63) is 58.3 Å². The molecule has 2 aromatic rings. The molecular formula is C15H11BrFNO3. The fourth-order valence-electron chi connectivity index (χ4n) is 1.68. The van der Waals surface area contributed by atoms with Crippen molar-refractivity contribution in [1.82, 2.24) is 0 Å². The van der Waals surface area contributed by atoms with Gasteiger partial charge in [0.1, 0.15) is 11.6 Å². The smallest absolute Gasteiger partial charge is 0.308 e. The fourth-order valence-corrected chi connectivity index (χ4v) is 2.01. The minimum Gasteiger partial charge on any atom is -0.426 e. The zero-order valence-electron chi connectivity index (χ0n) is 11.0. The molecule has 0 bridgehead atoms. The maximum absolute atomic E-state index is 13.7. The van der Waals surface area contributed by atoms with E-state index in [9.17, 15) is 14.0 Å². The van der Waals surface area contributed by atoms with E-state index in [1.165, 1.54) is 31.2 Å². The molecule has 2 rings (SSSR count). The van der Waals surface area contributed by atoms with Crippen molar-refractivity contribution < 1.29 is 18.7 Å². The molecule has 0 fully saturated rings. The van der Waals surface area contributed by atoms with Gasteiger partial charge in [-0.1, -0.05) is 28.1 Å². The molecule has 2 aromatic carbocycles. The van der Waals surface area contributed by atoms with Gasteiger partial charge in [0.05, 0.1) is 11.3 Å². The van der Waals surface area contributed by atoms with Gasteiger partial charge in [-0.2, -0.15) is 0 Å². The van der Waals surface area contributed by atoms with Gasteiger partial charge >= 0.3 is 5.97 Å². The Balaban J connectivity index is 2.26. The van der Waals surface area contributed by atoms with Gasteiger partial charge in [0.15, 0.2) is 0 Å². The van der Waals surface area contributed by atoms with Crippen molar-refractivity contribution in [1.29, 1.82) is 0 Å². The van der Waals surface area contributed by atoms with E-state index >= 15 is 0 Å². The van der Waals surface area contributed by atoms with Crippen LogP contribution in [0.15, 0.2) is 46.9 Å². The number of carbonyl (C=O) groups excluding carboxylic acids is 2. The topological polar surface area (TPSA) is 55.4 Å². The van der Waals surface area contributed by atoms with Gasteiger partial charge < -0.3 is 10.1 Å². The summed E-state index contributed by atoms with van der Waals surface area (Å²) in [5.41, 5.74) is 0.191. The monoisotopic (exact) mass is 351 g/mol. The first-order chi connectivity index (χ1) is 9.97. The van der Waals surface area contributed by atoms with Gasteiger partial charge in [-0.05, 0) is 30.3 Å². The molecule has 0 spiro atoms. The molecule has 0 saturated heterocycles. The zero-order valence-corrected chi connectivity index (χ0v) is 12.6. The summed E-state index contributed by atoms with van der Waals surface area (Å²) in [5.74, 6) is -1.54. The summed E-state index contributed by atoms with van der Waals surface area (Å²) in [6.45, 7) is 1.24. The molecule has 0 heterocycles. The SMILES string of the molecule is CC(=O)Oc1ccccc1C(=O)Nc1ccc(Br)cc1F. The first kappa shape index (κ1) is 15.2. The van der Waals surface area contributed by atoms with Crippen LogP contribution in [0.1, 0.15) is 17.3 Å². The Morgan fingerprint density at radius 1 is 1.19 bits per heavy atom. The molecule has 0 saturated carbocycles. The number of amides is 1. The van der Waals surface area contributed by atoms with Gasteiger partial charge in [-0.3, -0.25) is 9.59 Å². The van der Waals surface area contributed by atoms with Crippen molar-refractivity contribution in [2.24, 2.45) is 0 Å². The molecule has 0 aromatic heterocycles. The molecular weight excluding hydrogens is 341 g/mol. The maximum Gasteiger partial charge on any atom is 0.308 e. The molecule has 0 radical (unpaired) electrons. The number of hydrogen-bond acceptors (Lipinski definition) is 3. The minimum atomic E-state index is -0.567. The quantitative estimate of drug-likeness (QED) is 0.676. The van der Waals surface area contributed by atoms with Gasteiger partial charge in [-0.15, -0.1) is 0 Å². The lowest BCUT2D eigenvalue weighted by atomic mass is 10.2. The maximum atomic E-state index is 13.7. The Labute approximate surface area is 129 Å². The molecule has 1 amide bonds. The average Bonchev–Trinajstić information content (AvgIpc) is 2.42. The van der Waals surface area contributed by atoms with Crippen LogP contribution in [-0.4, -0.2) is 11.9 Å². The standard InChI is InChI=1S/C15H11BrFNO3/c1-9(19)21-14-5-3-2-4-11(14)15(20)18-13-7-6-10(16)8-12(13)17/h2-8H,1H3,(H,18,20). The highest BCUT2D eigenvalue weighted by Gasteiger charge is 2.15. The Bertz CT molecular complexity index is 703. The van der Waals surface area contributed by atoms with Crippen molar-refractivity contribution >= 4 is 33.5 Å². The first-order valence-electron chi connectivity index (χ1n) is 6.01. The number of nitrogens with one attached hydrogen (secondary N) is 1. The Morgan fingerprint density at radius 2 is 1.90 bits per heavy atom. The second kappa shape index (κ2) is 6.49. The lowest BCUT2D eigenvalue weighted by molar-refractivity contribution is -0.131. The van der Waals surface area contributed by atoms with E-state index in [1.807, 2.05) is 0 Å². The van der Waals surface area contributed by atoms with E-state index in [1.54, 1.807) is 18.2 Å². The number of anilines is 1. The van der Waals surface area contributed by atoms with Crippen LogP contribution >= 0.6 is 15.9 Å². The molecule has 0 unspecified atom stereocenters. The van der Waals surface area contributed by atoms with Crippen LogP contribution in [0, 0.1) is 5.82 Å². The Morgan fingerprint density at radius 3 is 2.57 bits per heavy atom. The Hall–Kier alpha value is -2.21. The molecule has 21 heavy (non-hydrogen) atoms. The van der Waals surface area contributed by atoms with Crippen LogP contribution in [0.25, 0.3) is 0 Å². The highest BCUT2D eigenvalue weighted by molar-refractivity contribution is 9.10. The lowest BCUT2D eigenvalue weighted by Gasteiger charge is -2.10. The number of halogens is 2. The zero-order chi connectivity index (χ0) is 15.4. The van der Waals surface area contributed by atoms with Crippen molar-refractivity contribution in [3.8, 4) is 5.75 Å². The van der Waals surface area contributed by atoms with E-state index < -0.39 is 17.7 Å². The Kier molecular flexibility index (Phi) is 4.70. The number of carbonyl (C=O) groups is 2. The first-order valence-corrected chi connectivity index (χ1v) is 6.80. The van der Waals surface area contributed by atoms with Crippen molar-refractivity contribution in [3.63, 3.8) is 0 Å². The summed E-state index contributed by atoms with van der Waals surface area (Å²) in [4.78, 5) is 23.2. The third-order valence-corrected chi connectivity index (χ3v) is 3.06. The van der Waals surface area contributed by atoms with Crippen LogP contribution in [0.4, 0.5) is 10.1 Å². The summed E-state index contributed by atoms with van der Waals surface area (Å²) >= 11 is 3.14. The molecule has 0 aliphatic rings. The number of hydrogen-bond donors (Lipinski definition) is 1. The number of ether oxygens (including phenoxy) is 1. The fraction of sp³-hybridized carbons (Fsp3) is 0.0667. The number of esters is 1. The van der Waals surface area contributed by atoms with Crippen LogP contribution in [-0.2, 0) is 4.79 Å². The normalized spacial score (nSPS) is 10.0. The van der Waals surface area contributed by atoms with Gasteiger partial charge in [0.25, 0.3) is 5.91 Å². The van der Waals surface area contributed by atoms with E-state index in [4.69, 9.17) is 4.74 Å². The number of benzene rings is 2. The lowest BCUT2D eigenvalue weighted by Crippen LogP contribution is -2.15. The van der Waals surface area contributed by atoms with E-state index in [-0.39, 0.29) is 17.0 Å².